The first-order chi connectivity index (χ1) is 10.1. The minimum atomic E-state index is -0.955. The summed E-state index contributed by atoms with van der Waals surface area (Å²) in [4.78, 5) is 23.3. The maximum Gasteiger partial charge on any atom is 0.296 e. The number of aliphatic hydroxyl groups excluding tert-OH is 1. The van der Waals surface area contributed by atoms with E-state index in [9.17, 15) is 19.1 Å². The maximum absolute atomic E-state index is 13.0. The Morgan fingerprint density at radius 3 is 2.43 bits per heavy atom. The van der Waals surface area contributed by atoms with Crippen LogP contribution in [0.25, 0.3) is 5.76 Å². The third-order valence-electron chi connectivity index (χ3n) is 2.64. The van der Waals surface area contributed by atoms with Crippen molar-refractivity contribution in [2.45, 2.75) is 0 Å². The van der Waals surface area contributed by atoms with Crippen LogP contribution in [-0.2, 0) is 9.59 Å². The number of hydrogen-bond donors (Lipinski definition) is 2. The van der Waals surface area contributed by atoms with Crippen molar-refractivity contribution in [2.75, 3.05) is 5.32 Å². The van der Waals surface area contributed by atoms with Crippen LogP contribution in [0.15, 0.2) is 60.7 Å². The molecule has 1 amide bonds. The van der Waals surface area contributed by atoms with Gasteiger partial charge in [-0.15, -0.1) is 0 Å². The molecular formula is C16H12FNO3. The van der Waals surface area contributed by atoms with E-state index in [4.69, 9.17) is 0 Å². The Labute approximate surface area is 120 Å². The molecule has 2 rings (SSSR count). The first-order valence-corrected chi connectivity index (χ1v) is 6.13. The minimum Gasteiger partial charge on any atom is -0.507 e. The summed E-state index contributed by atoms with van der Waals surface area (Å²) in [5.41, 5.74) is 0.588. The molecule has 21 heavy (non-hydrogen) atoms. The van der Waals surface area contributed by atoms with Crippen LogP contribution in [0.2, 0.25) is 0 Å². The quantitative estimate of drug-likeness (QED) is 0.515. The van der Waals surface area contributed by atoms with E-state index in [1.165, 1.54) is 18.2 Å². The average molecular weight is 285 g/mol. The lowest BCUT2D eigenvalue weighted by molar-refractivity contribution is -0.131. The number of carbonyl (C=O) groups excluding carboxylic acids is 2. The van der Waals surface area contributed by atoms with Gasteiger partial charge in [0.2, 0.25) is 5.78 Å². The molecule has 0 bridgehead atoms. The largest absolute Gasteiger partial charge is 0.507 e. The number of anilines is 1. The summed E-state index contributed by atoms with van der Waals surface area (Å²) in [6.07, 6.45) is 0.823. The molecule has 0 radical (unpaired) electrons. The van der Waals surface area contributed by atoms with E-state index in [0.29, 0.717) is 5.56 Å². The highest BCUT2D eigenvalue weighted by molar-refractivity contribution is 6.45. The molecule has 0 unspecified atom stereocenters. The molecule has 0 saturated heterocycles. The summed E-state index contributed by atoms with van der Waals surface area (Å²) >= 11 is 0. The molecule has 0 aromatic heterocycles. The zero-order valence-electron chi connectivity index (χ0n) is 10.9. The smallest absolute Gasteiger partial charge is 0.296 e. The fourth-order valence-electron chi connectivity index (χ4n) is 1.64. The zero-order chi connectivity index (χ0) is 15.2. The number of halogens is 1. The number of ketones is 1. The van der Waals surface area contributed by atoms with Crippen LogP contribution in [0.5, 0.6) is 0 Å². The van der Waals surface area contributed by atoms with Gasteiger partial charge < -0.3 is 10.4 Å². The summed E-state index contributed by atoms with van der Waals surface area (Å²) in [5, 5.41) is 12.0. The van der Waals surface area contributed by atoms with Gasteiger partial charge in [-0.1, -0.05) is 36.4 Å². The lowest BCUT2D eigenvalue weighted by atomic mass is 10.1. The predicted molar refractivity (Wildman–Crippen MR) is 77.1 cm³/mol. The van der Waals surface area contributed by atoms with Gasteiger partial charge in [0.1, 0.15) is 11.6 Å². The van der Waals surface area contributed by atoms with Gasteiger partial charge in [-0.2, -0.15) is 0 Å². The van der Waals surface area contributed by atoms with Crippen LogP contribution in [0.3, 0.4) is 0 Å². The van der Waals surface area contributed by atoms with Crippen LogP contribution < -0.4 is 5.32 Å². The molecule has 5 heteroatoms. The van der Waals surface area contributed by atoms with Crippen molar-refractivity contribution in [3.8, 4) is 0 Å². The molecule has 0 fully saturated rings. The van der Waals surface area contributed by atoms with E-state index in [1.54, 1.807) is 30.3 Å². The van der Waals surface area contributed by atoms with Crippen LogP contribution in [0, 0.1) is 5.82 Å². The van der Waals surface area contributed by atoms with Gasteiger partial charge in [-0.3, -0.25) is 9.59 Å². The van der Waals surface area contributed by atoms with Crippen LogP contribution in [0.4, 0.5) is 10.1 Å². The summed E-state index contributed by atoms with van der Waals surface area (Å²) in [7, 11) is 0. The monoisotopic (exact) mass is 285 g/mol. The fourth-order valence-corrected chi connectivity index (χ4v) is 1.64. The molecule has 106 valence electrons. The molecule has 0 saturated carbocycles. The Morgan fingerprint density at radius 1 is 1.05 bits per heavy atom. The lowest BCUT2D eigenvalue weighted by Gasteiger charge is -2.03. The molecule has 4 nitrogen and oxygen atoms in total. The molecule has 2 aromatic rings. The molecule has 2 N–H and O–H groups in total. The first-order valence-electron chi connectivity index (χ1n) is 6.13. The van der Waals surface area contributed by atoms with Crippen molar-refractivity contribution in [3.63, 3.8) is 0 Å². The Bertz CT molecular complexity index is 696. The maximum atomic E-state index is 13.0. The molecule has 0 heterocycles. The summed E-state index contributed by atoms with van der Waals surface area (Å²) < 4.78 is 13.0. The van der Waals surface area contributed by atoms with Gasteiger partial charge in [0.15, 0.2) is 0 Å². The number of nitrogens with one attached hydrogen (secondary N) is 1. The highest BCUT2D eigenvalue weighted by Crippen LogP contribution is 2.12. The molecule has 0 aliphatic rings. The topological polar surface area (TPSA) is 66.4 Å². The number of carbonyl (C=O) groups is 2. The Morgan fingerprint density at radius 2 is 1.76 bits per heavy atom. The highest BCUT2D eigenvalue weighted by Gasteiger charge is 2.13. The predicted octanol–water partition coefficient (Wildman–Crippen LogP) is 2.93. The zero-order valence-corrected chi connectivity index (χ0v) is 10.9. The Hall–Kier alpha value is -2.95. The number of rotatable bonds is 4. The average Bonchev–Trinajstić information content (AvgIpc) is 2.48. The number of hydrogen-bond acceptors (Lipinski definition) is 3. The van der Waals surface area contributed by atoms with Crippen molar-refractivity contribution in [1.82, 2.24) is 0 Å². The number of benzene rings is 2. The fraction of sp³-hybridized carbons (Fsp3) is 0. The Balaban J connectivity index is 2.08. The molecular weight excluding hydrogens is 273 g/mol. The second-order valence-electron chi connectivity index (χ2n) is 4.22. The Kier molecular flexibility index (Phi) is 4.46. The van der Waals surface area contributed by atoms with Crippen LogP contribution in [-0.4, -0.2) is 16.8 Å². The van der Waals surface area contributed by atoms with Gasteiger partial charge in [0, 0.05) is 17.3 Å². The van der Waals surface area contributed by atoms with Gasteiger partial charge in [-0.25, -0.2) is 4.39 Å². The normalized spacial score (nSPS) is 11.0. The highest BCUT2D eigenvalue weighted by atomic mass is 19.1. The third-order valence-corrected chi connectivity index (χ3v) is 2.64. The minimum absolute atomic E-state index is 0.168. The SMILES string of the molecule is O=C(C=C(O)c1ccccc1)C(=O)Nc1cccc(F)c1. The molecule has 0 atom stereocenters. The number of amides is 1. The summed E-state index contributed by atoms with van der Waals surface area (Å²) in [6.45, 7) is 0. The van der Waals surface area contributed by atoms with Gasteiger partial charge in [-0.05, 0) is 18.2 Å². The van der Waals surface area contributed by atoms with Crippen molar-refractivity contribution in [1.29, 1.82) is 0 Å². The van der Waals surface area contributed by atoms with E-state index in [0.717, 1.165) is 12.1 Å². The van der Waals surface area contributed by atoms with E-state index < -0.39 is 17.5 Å². The lowest BCUT2D eigenvalue weighted by Crippen LogP contribution is -2.21. The van der Waals surface area contributed by atoms with E-state index >= 15 is 0 Å². The van der Waals surface area contributed by atoms with E-state index in [2.05, 4.69) is 5.32 Å². The van der Waals surface area contributed by atoms with Crippen LogP contribution in [0.1, 0.15) is 5.56 Å². The van der Waals surface area contributed by atoms with Gasteiger partial charge in [0.05, 0.1) is 0 Å². The summed E-state index contributed by atoms with van der Waals surface area (Å²) in [6, 6.07) is 13.5. The van der Waals surface area contributed by atoms with Crippen molar-refractivity contribution < 1.29 is 19.1 Å². The molecule has 0 aliphatic carbocycles. The molecule has 0 spiro atoms. The second-order valence-corrected chi connectivity index (χ2v) is 4.22. The van der Waals surface area contributed by atoms with E-state index in [-0.39, 0.29) is 11.4 Å². The van der Waals surface area contributed by atoms with Gasteiger partial charge in [0.25, 0.3) is 5.91 Å². The second kappa shape index (κ2) is 6.47. The first kappa shape index (κ1) is 14.5. The number of aliphatic hydroxyl groups is 1. The van der Waals surface area contributed by atoms with Crippen molar-refractivity contribution in [2.24, 2.45) is 0 Å². The van der Waals surface area contributed by atoms with E-state index in [1.807, 2.05) is 0 Å². The van der Waals surface area contributed by atoms with Crippen LogP contribution >= 0.6 is 0 Å². The van der Waals surface area contributed by atoms with Crippen molar-refractivity contribution in [3.05, 3.63) is 72.1 Å². The summed E-state index contributed by atoms with van der Waals surface area (Å²) in [5.74, 6) is -2.72. The molecule has 2 aromatic carbocycles. The van der Waals surface area contributed by atoms with Crippen molar-refractivity contribution >= 4 is 23.1 Å². The third kappa shape index (κ3) is 4.01. The molecule has 0 aliphatic heterocycles. The standard InChI is InChI=1S/C16H12FNO3/c17-12-7-4-8-13(9-12)18-16(21)15(20)10-14(19)11-5-2-1-3-6-11/h1-10,19H,(H,18,21). The van der Waals surface area contributed by atoms with Gasteiger partial charge >= 0.3 is 0 Å².